The zero-order valence-electron chi connectivity index (χ0n) is 14.8. The third-order valence-electron chi connectivity index (χ3n) is 4.94. The summed E-state index contributed by atoms with van der Waals surface area (Å²) in [4.78, 5) is 18.3. The van der Waals surface area contributed by atoms with E-state index >= 15 is 0 Å². The van der Waals surface area contributed by atoms with Crippen LogP contribution in [0.3, 0.4) is 0 Å². The Labute approximate surface area is 148 Å². The fourth-order valence-electron chi connectivity index (χ4n) is 3.51. The van der Waals surface area contributed by atoms with Crippen molar-refractivity contribution in [3.63, 3.8) is 0 Å². The van der Waals surface area contributed by atoms with Crippen LogP contribution in [0.25, 0.3) is 0 Å². The molecule has 2 atom stereocenters. The molecule has 6 nitrogen and oxygen atoms in total. The summed E-state index contributed by atoms with van der Waals surface area (Å²) in [6.45, 7) is 2.24. The summed E-state index contributed by atoms with van der Waals surface area (Å²) in [5.41, 5.74) is 1.34. The minimum absolute atomic E-state index is 0.105. The molecule has 1 fully saturated rings. The van der Waals surface area contributed by atoms with Crippen molar-refractivity contribution >= 4 is 5.91 Å². The first-order valence-corrected chi connectivity index (χ1v) is 8.93. The maximum atomic E-state index is 12.5. The fraction of sp³-hybridized carbons (Fsp3) is 0.526. The van der Waals surface area contributed by atoms with Gasteiger partial charge in [-0.3, -0.25) is 9.48 Å². The number of likely N-dealkylation sites (tertiary alicyclic amines) is 1. The highest BCUT2D eigenvalue weighted by Crippen LogP contribution is 2.24. The van der Waals surface area contributed by atoms with Crippen LogP contribution in [0.5, 0.6) is 0 Å². The molecule has 0 N–H and O–H groups in total. The summed E-state index contributed by atoms with van der Waals surface area (Å²) in [5.74, 6) is 0.673. The smallest absolute Gasteiger partial charge is 0.222 e. The number of methoxy groups -OCH3 is 1. The van der Waals surface area contributed by atoms with E-state index in [0.29, 0.717) is 18.9 Å². The molecule has 0 bridgehead atoms. The van der Waals surface area contributed by atoms with E-state index in [1.807, 2.05) is 11.0 Å². The maximum absolute atomic E-state index is 12.5. The lowest BCUT2D eigenvalue weighted by Crippen LogP contribution is -2.48. The Bertz CT molecular complexity index is 645. The highest BCUT2D eigenvalue weighted by atomic mass is 16.5. The molecule has 1 aliphatic rings. The van der Waals surface area contributed by atoms with Crippen LogP contribution in [0.4, 0.5) is 0 Å². The van der Waals surface area contributed by atoms with Crippen LogP contribution in [-0.4, -0.2) is 51.9 Å². The SMILES string of the molecule is CO[C@H]1CN(C(=O)CCCn2cncn2)CC[C@@H]1Cc1ccccc1. The number of aryl methyl sites for hydroxylation is 1. The number of amides is 1. The zero-order valence-corrected chi connectivity index (χ0v) is 14.8. The van der Waals surface area contributed by atoms with E-state index in [0.717, 1.165) is 32.4 Å². The number of rotatable bonds is 7. The second-order valence-electron chi connectivity index (χ2n) is 6.61. The van der Waals surface area contributed by atoms with Crippen molar-refractivity contribution in [2.45, 2.75) is 38.3 Å². The van der Waals surface area contributed by atoms with E-state index in [4.69, 9.17) is 4.74 Å². The van der Waals surface area contributed by atoms with Gasteiger partial charge in [0.1, 0.15) is 12.7 Å². The lowest BCUT2D eigenvalue weighted by atomic mass is 9.87. The zero-order chi connectivity index (χ0) is 17.5. The summed E-state index contributed by atoms with van der Waals surface area (Å²) in [7, 11) is 1.75. The largest absolute Gasteiger partial charge is 0.379 e. The van der Waals surface area contributed by atoms with Crippen molar-refractivity contribution in [1.82, 2.24) is 19.7 Å². The van der Waals surface area contributed by atoms with Gasteiger partial charge < -0.3 is 9.64 Å². The summed E-state index contributed by atoms with van der Waals surface area (Å²) in [6.07, 6.45) is 6.62. The van der Waals surface area contributed by atoms with Gasteiger partial charge in [-0.25, -0.2) is 4.98 Å². The van der Waals surface area contributed by atoms with Crippen molar-refractivity contribution in [2.75, 3.05) is 20.2 Å². The number of aromatic nitrogens is 3. The first kappa shape index (κ1) is 17.6. The van der Waals surface area contributed by atoms with Crippen LogP contribution in [0.2, 0.25) is 0 Å². The highest BCUT2D eigenvalue weighted by Gasteiger charge is 2.31. The van der Waals surface area contributed by atoms with Crippen molar-refractivity contribution in [3.8, 4) is 0 Å². The molecule has 1 aliphatic heterocycles. The van der Waals surface area contributed by atoms with Gasteiger partial charge in [0.05, 0.1) is 6.10 Å². The number of ether oxygens (including phenoxy) is 1. The predicted molar refractivity (Wildman–Crippen MR) is 94.9 cm³/mol. The van der Waals surface area contributed by atoms with Gasteiger partial charge in [-0.05, 0) is 30.7 Å². The summed E-state index contributed by atoms with van der Waals surface area (Å²) < 4.78 is 7.46. The summed E-state index contributed by atoms with van der Waals surface area (Å²) in [6, 6.07) is 10.5. The van der Waals surface area contributed by atoms with Gasteiger partial charge in [-0.2, -0.15) is 5.10 Å². The molecule has 0 saturated carbocycles. The third kappa shape index (κ3) is 4.89. The highest BCUT2D eigenvalue weighted by molar-refractivity contribution is 5.76. The molecular weight excluding hydrogens is 316 g/mol. The third-order valence-corrected chi connectivity index (χ3v) is 4.94. The van der Waals surface area contributed by atoms with Gasteiger partial charge in [0.25, 0.3) is 0 Å². The van der Waals surface area contributed by atoms with Gasteiger partial charge in [0, 0.05) is 33.2 Å². The van der Waals surface area contributed by atoms with Gasteiger partial charge in [-0.1, -0.05) is 30.3 Å². The molecule has 134 valence electrons. The van der Waals surface area contributed by atoms with Crippen LogP contribution in [-0.2, 0) is 22.5 Å². The van der Waals surface area contributed by atoms with E-state index in [9.17, 15) is 4.79 Å². The molecule has 1 aromatic heterocycles. The number of benzene rings is 1. The molecule has 6 heteroatoms. The first-order valence-electron chi connectivity index (χ1n) is 8.93. The van der Waals surface area contributed by atoms with Crippen molar-refractivity contribution in [1.29, 1.82) is 0 Å². The molecule has 3 rings (SSSR count). The average molecular weight is 342 g/mol. The number of nitrogens with zero attached hydrogens (tertiary/aromatic N) is 4. The van der Waals surface area contributed by atoms with E-state index in [1.54, 1.807) is 18.1 Å². The molecule has 0 aliphatic carbocycles. The number of carbonyl (C=O) groups excluding carboxylic acids is 1. The van der Waals surface area contributed by atoms with E-state index in [-0.39, 0.29) is 12.0 Å². The minimum Gasteiger partial charge on any atom is -0.379 e. The molecule has 2 heterocycles. The number of hydrogen-bond acceptors (Lipinski definition) is 4. The van der Waals surface area contributed by atoms with Gasteiger partial charge in [-0.15, -0.1) is 0 Å². The summed E-state index contributed by atoms with van der Waals surface area (Å²) in [5, 5.41) is 4.06. The quantitative estimate of drug-likeness (QED) is 0.774. The molecule has 0 radical (unpaired) electrons. The molecule has 2 aromatic rings. The Hall–Kier alpha value is -2.21. The van der Waals surface area contributed by atoms with Gasteiger partial charge >= 0.3 is 0 Å². The van der Waals surface area contributed by atoms with Gasteiger partial charge in [0.15, 0.2) is 0 Å². The van der Waals surface area contributed by atoms with Crippen LogP contribution in [0.1, 0.15) is 24.8 Å². The topological polar surface area (TPSA) is 60.2 Å². The molecule has 1 aromatic carbocycles. The predicted octanol–water partition coefficient (Wildman–Crippen LogP) is 2.16. The molecule has 25 heavy (non-hydrogen) atoms. The monoisotopic (exact) mass is 342 g/mol. The van der Waals surface area contributed by atoms with Crippen LogP contribution in [0, 0.1) is 5.92 Å². The maximum Gasteiger partial charge on any atom is 0.222 e. The number of carbonyl (C=O) groups is 1. The number of hydrogen-bond donors (Lipinski definition) is 0. The average Bonchev–Trinajstić information content (AvgIpc) is 3.16. The minimum atomic E-state index is 0.105. The van der Waals surface area contributed by atoms with Crippen LogP contribution < -0.4 is 0 Å². The lowest BCUT2D eigenvalue weighted by Gasteiger charge is -2.38. The Kier molecular flexibility index (Phi) is 6.17. The molecule has 1 saturated heterocycles. The molecule has 1 amide bonds. The summed E-state index contributed by atoms with van der Waals surface area (Å²) >= 11 is 0. The molecule has 0 unspecified atom stereocenters. The lowest BCUT2D eigenvalue weighted by molar-refractivity contribution is -0.136. The second-order valence-corrected chi connectivity index (χ2v) is 6.61. The van der Waals surface area contributed by atoms with Crippen molar-refractivity contribution in [3.05, 3.63) is 48.5 Å². The first-order chi connectivity index (χ1) is 12.3. The Morgan fingerprint density at radius 1 is 1.32 bits per heavy atom. The second kappa shape index (κ2) is 8.76. The fourth-order valence-corrected chi connectivity index (χ4v) is 3.51. The molecular formula is C19H26N4O2. The Morgan fingerprint density at radius 2 is 2.16 bits per heavy atom. The van der Waals surface area contributed by atoms with E-state index in [2.05, 4.69) is 34.3 Å². The standard InChI is InChI=1S/C19H26N4O2/c1-25-18-13-22(19(24)8-5-10-23-15-20-14-21-23)11-9-17(18)12-16-6-3-2-4-7-16/h2-4,6-7,14-15,17-18H,5,8-13H2,1H3/t17-,18+/m1/s1. The van der Waals surface area contributed by atoms with Crippen molar-refractivity contribution in [2.24, 2.45) is 5.92 Å². The normalized spacial score (nSPS) is 20.6. The van der Waals surface area contributed by atoms with E-state index in [1.165, 1.54) is 11.9 Å². The van der Waals surface area contributed by atoms with Crippen LogP contribution in [0.15, 0.2) is 43.0 Å². The Balaban J connectivity index is 1.47. The Morgan fingerprint density at radius 3 is 2.88 bits per heavy atom. The molecule has 0 spiro atoms. The van der Waals surface area contributed by atoms with Gasteiger partial charge in [0.2, 0.25) is 5.91 Å². The van der Waals surface area contributed by atoms with E-state index < -0.39 is 0 Å². The number of piperidine rings is 1. The van der Waals surface area contributed by atoms with Crippen LogP contribution >= 0.6 is 0 Å². The van der Waals surface area contributed by atoms with Crippen molar-refractivity contribution < 1.29 is 9.53 Å².